The molecule has 1 aromatic heterocycles. The van der Waals surface area contributed by atoms with Crippen LogP contribution in [0.15, 0.2) is 6.20 Å². The summed E-state index contributed by atoms with van der Waals surface area (Å²) in [5.41, 5.74) is 6.34. The summed E-state index contributed by atoms with van der Waals surface area (Å²) < 4.78 is 4.84. The van der Waals surface area contributed by atoms with E-state index in [2.05, 4.69) is 10.3 Å². The monoisotopic (exact) mass is 253 g/mol. The number of aromatic hydroxyl groups is 1. The first-order valence-electron chi connectivity index (χ1n) is 5.24. The zero-order valence-electron chi connectivity index (χ0n) is 10.2. The molecule has 1 aromatic rings. The van der Waals surface area contributed by atoms with Gasteiger partial charge in [-0.25, -0.2) is 4.79 Å². The molecule has 4 N–H and O–H groups in total. The minimum absolute atomic E-state index is 0.0219. The maximum atomic E-state index is 10.8. The van der Waals surface area contributed by atoms with E-state index in [1.54, 1.807) is 6.92 Å². The van der Waals surface area contributed by atoms with Gasteiger partial charge >= 0.3 is 12.0 Å². The number of ether oxygens (including phenoxy) is 1. The van der Waals surface area contributed by atoms with Gasteiger partial charge in [-0.15, -0.1) is 0 Å². The molecule has 0 saturated heterocycles. The SMILES string of the molecule is CC(=O)OCc1cnc(C)c(O)c1CNC(N)=O. The number of pyridine rings is 1. The lowest BCUT2D eigenvalue weighted by Gasteiger charge is -2.12. The average molecular weight is 253 g/mol. The van der Waals surface area contributed by atoms with E-state index in [1.807, 2.05) is 0 Å². The zero-order chi connectivity index (χ0) is 13.7. The molecular formula is C11H15N3O4. The van der Waals surface area contributed by atoms with Gasteiger partial charge in [-0.1, -0.05) is 0 Å². The molecule has 0 aromatic carbocycles. The van der Waals surface area contributed by atoms with Gasteiger partial charge in [-0.3, -0.25) is 9.78 Å². The van der Waals surface area contributed by atoms with E-state index < -0.39 is 12.0 Å². The van der Waals surface area contributed by atoms with Crippen molar-refractivity contribution in [1.82, 2.24) is 10.3 Å². The Morgan fingerprint density at radius 3 is 2.78 bits per heavy atom. The number of hydrogen-bond donors (Lipinski definition) is 3. The highest BCUT2D eigenvalue weighted by atomic mass is 16.5. The van der Waals surface area contributed by atoms with E-state index in [9.17, 15) is 14.7 Å². The summed E-state index contributed by atoms with van der Waals surface area (Å²) >= 11 is 0. The number of amides is 2. The Bertz CT molecular complexity index is 474. The molecule has 0 unspecified atom stereocenters. The standard InChI is InChI=1S/C11H15N3O4/c1-6-10(16)9(4-14-11(12)17)8(3-13-6)5-18-7(2)15/h3,16H,4-5H2,1-2H3,(H3,12,14,17). The summed E-state index contributed by atoms with van der Waals surface area (Å²) in [6.07, 6.45) is 1.48. The van der Waals surface area contributed by atoms with E-state index in [-0.39, 0.29) is 18.9 Å². The molecule has 98 valence electrons. The highest BCUT2D eigenvalue weighted by molar-refractivity contribution is 5.71. The van der Waals surface area contributed by atoms with E-state index in [1.165, 1.54) is 13.1 Å². The number of hydrogen-bond acceptors (Lipinski definition) is 5. The number of rotatable bonds is 4. The van der Waals surface area contributed by atoms with Crippen molar-refractivity contribution in [3.8, 4) is 5.75 Å². The van der Waals surface area contributed by atoms with E-state index in [0.29, 0.717) is 16.8 Å². The number of carbonyl (C=O) groups excluding carboxylic acids is 2. The maximum absolute atomic E-state index is 10.8. The second-order valence-corrected chi connectivity index (χ2v) is 3.69. The Balaban J connectivity index is 2.96. The number of esters is 1. The van der Waals surface area contributed by atoms with Crippen molar-refractivity contribution in [1.29, 1.82) is 0 Å². The van der Waals surface area contributed by atoms with Crippen molar-refractivity contribution in [3.63, 3.8) is 0 Å². The normalized spacial score (nSPS) is 9.89. The van der Waals surface area contributed by atoms with Gasteiger partial charge in [0.25, 0.3) is 0 Å². The van der Waals surface area contributed by atoms with Crippen LogP contribution in [0.3, 0.4) is 0 Å². The lowest BCUT2D eigenvalue weighted by Crippen LogP contribution is -2.29. The first kappa shape index (κ1) is 13.8. The van der Waals surface area contributed by atoms with Crippen LogP contribution in [0.25, 0.3) is 0 Å². The molecule has 0 aliphatic heterocycles. The molecule has 0 aliphatic rings. The Hall–Kier alpha value is -2.31. The third kappa shape index (κ3) is 3.62. The molecule has 0 spiro atoms. The fourth-order valence-electron chi connectivity index (χ4n) is 1.36. The molecule has 0 fully saturated rings. The lowest BCUT2D eigenvalue weighted by atomic mass is 10.1. The molecule has 2 amide bonds. The van der Waals surface area contributed by atoms with Crippen LogP contribution in [-0.4, -0.2) is 22.1 Å². The van der Waals surface area contributed by atoms with Gasteiger partial charge in [-0.2, -0.15) is 0 Å². The van der Waals surface area contributed by atoms with Gasteiger partial charge in [0, 0.05) is 30.8 Å². The van der Waals surface area contributed by atoms with Gasteiger partial charge < -0.3 is 20.9 Å². The second-order valence-electron chi connectivity index (χ2n) is 3.69. The van der Waals surface area contributed by atoms with Crippen molar-refractivity contribution in [2.75, 3.05) is 0 Å². The summed E-state index contributed by atoms with van der Waals surface area (Å²) in [7, 11) is 0. The van der Waals surface area contributed by atoms with Gasteiger partial charge in [0.1, 0.15) is 12.4 Å². The van der Waals surface area contributed by atoms with Crippen LogP contribution in [-0.2, 0) is 22.7 Å². The van der Waals surface area contributed by atoms with Crippen LogP contribution in [0.1, 0.15) is 23.7 Å². The fourth-order valence-corrected chi connectivity index (χ4v) is 1.36. The number of aryl methyl sites for hydroxylation is 1. The molecule has 7 nitrogen and oxygen atoms in total. The number of carbonyl (C=O) groups is 2. The number of aromatic nitrogens is 1. The fraction of sp³-hybridized carbons (Fsp3) is 0.364. The number of nitrogens with two attached hydrogens (primary N) is 1. The molecule has 0 saturated carbocycles. The Kier molecular flexibility index (Phi) is 4.47. The minimum Gasteiger partial charge on any atom is -0.506 e. The molecule has 1 heterocycles. The molecule has 1 rings (SSSR count). The Morgan fingerprint density at radius 1 is 1.56 bits per heavy atom. The van der Waals surface area contributed by atoms with E-state index >= 15 is 0 Å². The number of primary amides is 1. The third-order valence-corrected chi connectivity index (χ3v) is 2.30. The maximum Gasteiger partial charge on any atom is 0.312 e. The van der Waals surface area contributed by atoms with Gasteiger partial charge in [0.15, 0.2) is 0 Å². The Morgan fingerprint density at radius 2 is 2.22 bits per heavy atom. The van der Waals surface area contributed by atoms with E-state index in [0.717, 1.165) is 0 Å². The number of nitrogens with zero attached hydrogens (tertiary/aromatic N) is 1. The summed E-state index contributed by atoms with van der Waals surface area (Å²) in [5.74, 6) is -0.489. The molecule has 7 heteroatoms. The quantitative estimate of drug-likeness (QED) is 0.669. The average Bonchev–Trinajstić information content (AvgIpc) is 2.29. The number of nitrogens with one attached hydrogen (secondary N) is 1. The zero-order valence-corrected chi connectivity index (χ0v) is 10.2. The van der Waals surface area contributed by atoms with Crippen molar-refractivity contribution in [3.05, 3.63) is 23.0 Å². The van der Waals surface area contributed by atoms with Crippen LogP contribution in [0.4, 0.5) is 4.79 Å². The van der Waals surface area contributed by atoms with Crippen LogP contribution in [0, 0.1) is 6.92 Å². The molecule has 18 heavy (non-hydrogen) atoms. The Labute approximate surface area is 104 Å². The summed E-state index contributed by atoms with van der Waals surface area (Å²) in [6.45, 7) is 2.93. The van der Waals surface area contributed by atoms with Crippen molar-refractivity contribution in [2.45, 2.75) is 27.0 Å². The predicted molar refractivity (Wildman–Crippen MR) is 62.5 cm³/mol. The van der Waals surface area contributed by atoms with Crippen LogP contribution in [0.2, 0.25) is 0 Å². The smallest absolute Gasteiger partial charge is 0.312 e. The van der Waals surface area contributed by atoms with Crippen LogP contribution < -0.4 is 11.1 Å². The summed E-state index contributed by atoms with van der Waals surface area (Å²) in [6, 6.07) is -0.706. The summed E-state index contributed by atoms with van der Waals surface area (Å²) in [5, 5.41) is 12.2. The highest BCUT2D eigenvalue weighted by Crippen LogP contribution is 2.24. The van der Waals surface area contributed by atoms with Crippen molar-refractivity contribution < 1.29 is 19.4 Å². The van der Waals surface area contributed by atoms with Gasteiger partial charge in [-0.05, 0) is 6.92 Å². The van der Waals surface area contributed by atoms with Gasteiger partial charge in [0.2, 0.25) is 0 Å². The highest BCUT2D eigenvalue weighted by Gasteiger charge is 2.13. The first-order chi connectivity index (χ1) is 8.41. The second kappa shape index (κ2) is 5.85. The van der Waals surface area contributed by atoms with Crippen LogP contribution >= 0.6 is 0 Å². The molecule has 0 radical (unpaired) electrons. The number of urea groups is 1. The van der Waals surface area contributed by atoms with E-state index in [4.69, 9.17) is 10.5 Å². The largest absolute Gasteiger partial charge is 0.506 e. The summed E-state index contributed by atoms with van der Waals surface area (Å²) in [4.78, 5) is 25.4. The lowest BCUT2D eigenvalue weighted by molar-refractivity contribution is -0.142. The minimum atomic E-state index is -0.706. The molecule has 0 bridgehead atoms. The predicted octanol–water partition coefficient (Wildman–Crippen LogP) is 0.327. The van der Waals surface area contributed by atoms with Crippen molar-refractivity contribution >= 4 is 12.0 Å². The first-order valence-corrected chi connectivity index (χ1v) is 5.24. The molecular weight excluding hydrogens is 238 g/mol. The van der Waals surface area contributed by atoms with Crippen LogP contribution in [0.5, 0.6) is 5.75 Å². The van der Waals surface area contributed by atoms with Gasteiger partial charge in [0.05, 0.1) is 5.69 Å². The topological polar surface area (TPSA) is 115 Å². The van der Waals surface area contributed by atoms with Crippen molar-refractivity contribution in [2.24, 2.45) is 5.73 Å². The molecule has 0 atom stereocenters. The molecule has 0 aliphatic carbocycles. The third-order valence-electron chi connectivity index (χ3n) is 2.30.